The number of aromatic nitrogens is 4. The van der Waals surface area contributed by atoms with Crippen LogP contribution in [-0.2, 0) is 11.3 Å². The molecule has 0 aliphatic heterocycles. The van der Waals surface area contributed by atoms with Crippen LogP contribution in [0.15, 0.2) is 10.9 Å². The van der Waals surface area contributed by atoms with Gasteiger partial charge in [-0.3, -0.25) is 14.9 Å². The molecule has 1 amide bonds. The molecular weight excluding hydrogens is 328 g/mol. The number of carbonyl (C=O) groups excluding carboxylic acids is 1. The van der Waals surface area contributed by atoms with Crippen LogP contribution in [0.4, 0.5) is 5.95 Å². The lowest BCUT2D eigenvalue weighted by Gasteiger charge is -2.10. The quantitative estimate of drug-likeness (QED) is 0.812. The van der Waals surface area contributed by atoms with Crippen molar-refractivity contribution in [2.24, 2.45) is 0 Å². The number of carbonyl (C=O) groups is 1. The van der Waals surface area contributed by atoms with Crippen LogP contribution in [0.5, 0.6) is 11.8 Å². The number of aryl methyl sites for hydroxylation is 1. The molecule has 0 saturated carbocycles. The zero-order chi connectivity index (χ0) is 18.6. The maximum absolute atomic E-state index is 12.2. The van der Waals surface area contributed by atoms with Gasteiger partial charge < -0.3 is 9.47 Å². The predicted molar refractivity (Wildman–Crippen MR) is 86.5 cm³/mol. The Morgan fingerprint density at radius 2 is 1.88 bits per heavy atom. The number of nitrogens with one attached hydrogen (secondary N) is 1. The Morgan fingerprint density at radius 1 is 1.28 bits per heavy atom. The summed E-state index contributed by atoms with van der Waals surface area (Å²) < 4.78 is 10.9. The molecule has 25 heavy (non-hydrogen) atoms. The molecule has 2 aromatic rings. The van der Waals surface area contributed by atoms with E-state index in [0.29, 0.717) is 11.3 Å². The second kappa shape index (κ2) is 7.39. The lowest BCUT2D eigenvalue weighted by atomic mass is 10.1. The highest BCUT2D eigenvalue weighted by molar-refractivity contribution is 5.88. The van der Waals surface area contributed by atoms with Crippen molar-refractivity contribution in [2.75, 3.05) is 19.5 Å². The third-order valence-electron chi connectivity index (χ3n) is 3.39. The Labute approximate surface area is 143 Å². The predicted octanol–water partition coefficient (Wildman–Crippen LogP) is 0.178. The second-order valence-electron chi connectivity index (χ2n) is 4.98. The zero-order valence-corrected chi connectivity index (χ0v) is 14.2. The lowest BCUT2D eigenvalue weighted by molar-refractivity contribution is -0.117. The molecule has 0 unspecified atom stereocenters. The van der Waals surface area contributed by atoms with E-state index in [1.54, 1.807) is 13.8 Å². The summed E-state index contributed by atoms with van der Waals surface area (Å²) in [5, 5.41) is 15.6. The Balaban J connectivity index is 2.26. The average molecular weight is 344 g/mol. The molecule has 130 valence electrons. The van der Waals surface area contributed by atoms with Crippen LogP contribution in [0.2, 0.25) is 0 Å². The van der Waals surface area contributed by atoms with Gasteiger partial charge in [0.25, 0.3) is 5.56 Å². The highest BCUT2D eigenvalue weighted by Crippen LogP contribution is 2.17. The summed E-state index contributed by atoms with van der Waals surface area (Å²) in [6, 6.07) is 3.28. The molecule has 0 spiro atoms. The van der Waals surface area contributed by atoms with Gasteiger partial charge in [0.1, 0.15) is 18.2 Å². The van der Waals surface area contributed by atoms with Crippen molar-refractivity contribution >= 4 is 11.9 Å². The minimum absolute atomic E-state index is 0.0420. The first-order chi connectivity index (χ1) is 11.9. The van der Waals surface area contributed by atoms with Crippen LogP contribution < -0.4 is 20.3 Å². The minimum Gasteiger partial charge on any atom is -0.481 e. The smallest absolute Gasteiger partial charge is 0.285 e. The molecule has 0 fully saturated rings. The monoisotopic (exact) mass is 344 g/mol. The van der Waals surface area contributed by atoms with Crippen LogP contribution in [0.1, 0.15) is 16.8 Å². The van der Waals surface area contributed by atoms with Gasteiger partial charge in [0.05, 0.1) is 26.0 Å². The molecule has 0 aromatic carbocycles. The second-order valence-corrected chi connectivity index (χ2v) is 4.98. The van der Waals surface area contributed by atoms with Crippen molar-refractivity contribution in [3.63, 3.8) is 0 Å². The largest absolute Gasteiger partial charge is 0.481 e. The summed E-state index contributed by atoms with van der Waals surface area (Å²) in [6.45, 7) is 2.89. The fourth-order valence-electron chi connectivity index (χ4n) is 1.98. The molecule has 10 heteroatoms. The van der Waals surface area contributed by atoms with Gasteiger partial charge in [0, 0.05) is 0 Å². The number of nitriles is 1. The lowest BCUT2D eigenvalue weighted by Crippen LogP contribution is -2.32. The van der Waals surface area contributed by atoms with Crippen LogP contribution in [0.3, 0.4) is 0 Å². The van der Waals surface area contributed by atoms with Crippen LogP contribution in [0.25, 0.3) is 0 Å². The summed E-state index contributed by atoms with van der Waals surface area (Å²) >= 11 is 0. The molecule has 2 rings (SSSR count). The number of ether oxygens (including phenoxy) is 2. The first-order valence-corrected chi connectivity index (χ1v) is 7.15. The topological polar surface area (TPSA) is 132 Å². The molecule has 0 aliphatic carbocycles. The fraction of sp³-hybridized carbons (Fsp3) is 0.333. The van der Waals surface area contributed by atoms with Crippen molar-refractivity contribution in [3.8, 4) is 17.8 Å². The zero-order valence-electron chi connectivity index (χ0n) is 14.2. The van der Waals surface area contributed by atoms with Gasteiger partial charge in [-0.25, -0.2) is 4.68 Å². The normalized spacial score (nSPS) is 10.0. The highest BCUT2D eigenvalue weighted by Gasteiger charge is 2.15. The van der Waals surface area contributed by atoms with E-state index in [0.717, 1.165) is 4.68 Å². The van der Waals surface area contributed by atoms with Gasteiger partial charge >= 0.3 is 0 Å². The Kier molecular flexibility index (Phi) is 5.28. The van der Waals surface area contributed by atoms with E-state index >= 15 is 0 Å². The molecule has 1 N–H and O–H groups in total. The third kappa shape index (κ3) is 3.89. The van der Waals surface area contributed by atoms with Gasteiger partial charge in [-0.15, -0.1) is 0 Å². The SMILES string of the molecule is COc1cc(OC)nc(NC(=O)Cn2nc(C)c(C)c(C#N)c2=O)n1. The molecule has 0 aliphatic rings. The molecule has 2 heterocycles. The molecule has 10 nitrogen and oxygen atoms in total. The number of nitrogens with zero attached hydrogens (tertiary/aromatic N) is 5. The summed E-state index contributed by atoms with van der Waals surface area (Å²) in [5.41, 5.74) is 0.303. The summed E-state index contributed by atoms with van der Waals surface area (Å²) in [6.07, 6.45) is 0. The Bertz CT molecular complexity index is 893. The van der Waals surface area contributed by atoms with E-state index in [2.05, 4.69) is 20.4 Å². The van der Waals surface area contributed by atoms with Crippen LogP contribution in [0, 0.1) is 25.2 Å². The van der Waals surface area contributed by atoms with Gasteiger partial charge in [-0.1, -0.05) is 0 Å². The van der Waals surface area contributed by atoms with Crippen LogP contribution in [-0.4, -0.2) is 39.9 Å². The number of methoxy groups -OCH3 is 2. The molecule has 0 atom stereocenters. The van der Waals surface area contributed by atoms with E-state index in [4.69, 9.17) is 14.7 Å². The standard InChI is InChI=1S/C15H16N6O4/c1-8-9(2)20-21(14(23)10(8)6-16)7-11(22)17-15-18-12(24-3)5-13(19-15)25-4/h5H,7H2,1-4H3,(H,17,18,19,22). The number of rotatable bonds is 5. The van der Waals surface area contributed by atoms with Gasteiger partial charge in [0.15, 0.2) is 0 Å². The molecule has 2 aromatic heterocycles. The van der Waals surface area contributed by atoms with Crippen molar-refractivity contribution in [2.45, 2.75) is 20.4 Å². The van der Waals surface area contributed by atoms with E-state index < -0.39 is 18.0 Å². The number of anilines is 1. The van der Waals surface area contributed by atoms with E-state index in [1.807, 2.05) is 6.07 Å². The maximum Gasteiger partial charge on any atom is 0.285 e. The number of amides is 1. The Morgan fingerprint density at radius 3 is 2.40 bits per heavy atom. The first kappa shape index (κ1) is 17.9. The van der Waals surface area contributed by atoms with Gasteiger partial charge in [-0.05, 0) is 19.4 Å². The highest BCUT2D eigenvalue weighted by atomic mass is 16.5. The van der Waals surface area contributed by atoms with Gasteiger partial charge in [0.2, 0.25) is 23.6 Å². The summed E-state index contributed by atoms with van der Waals surface area (Å²) in [7, 11) is 2.82. The maximum atomic E-state index is 12.2. The van der Waals surface area contributed by atoms with Crippen molar-refractivity contribution < 1.29 is 14.3 Å². The summed E-state index contributed by atoms with van der Waals surface area (Å²) in [5.74, 6) is -0.221. The van der Waals surface area contributed by atoms with E-state index in [-0.39, 0.29) is 23.3 Å². The molecule has 0 bridgehead atoms. The number of hydrogen-bond acceptors (Lipinski definition) is 8. The van der Waals surface area contributed by atoms with Crippen molar-refractivity contribution in [1.82, 2.24) is 19.7 Å². The minimum atomic E-state index is -0.634. The summed E-state index contributed by atoms with van der Waals surface area (Å²) in [4.78, 5) is 32.3. The third-order valence-corrected chi connectivity index (χ3v) is 3.39. The van der Waals surface area contributed by atoms with Crippen LogP contribution >= 0.6 is 0 Å². The first-order valence-electron chi connectivity index (χ1n) is 7.15. The van der Waals surface area contributed by atoms with E-state index in [9.17, 15) is 9.59 Å². The van der Waals surface area contributed by atoms with E-state index in [1.165, 1.54) is 20.3 Å². The van der Waals surface area contributed by atoms with Crippen molar-refractivity contribution in [3.05, 3.63) is 33.2 Å². The fourth-order valence-corrected chi connectivity index (χ4v) is 1.98. The Hall–Kier alpha value is -3.48. The molecule has 0 saturated heterocycles. The molecule has 0 radical (unpaired) electrons. The molecular formula is C15H16N6O4. The van der Waals surface area contributed by atoms with Gasteiger partial charge in [-0.2, -0.15) is 20.3 Å². The average Bonchev–Trinajstić information content (AvgIpc) is 2.59. The van der Waals surface area contributed by atoms with Crippen molar-refractivity contribution in [1.29, 1.82) is 5.26 Å². The number of hydrogen-bond donors (Lipinski definition) is 1.